The summed E-state index contributed by atoms with van der Waals surface area (Å²) in [5.41, 5.74) is 4.06. The molecule has 8 heteroatoms. The molecule has 0 spiro atoms. The first-order valence-corrected chi connectivity index (χ1v) is 9.96. The molecule has 3 aromatic carbocycles. The maximum absolute atomic E-state index is 14.0. The Labute approximate surface area is 190 Å². The highest BCUT2D eigenvalue weighted by Crippen LogP contribution is 2.29. The number of halogens is 1. The lowest BCUT2D eigenvalue weighted by atomic mass is 10.1. The van der Waals surface area contributed by atoms with Crippen molar-refractivity contribution < 1.29 is 18.7 Å². The van der Waals surface area contributed by atoms with Gasteiger partial charge < -0.3 is 9.47 Å². The summed E-state index contributed by atoms with van der Waals surface area (Å²) in [4.78, 5) is 12.1. The first kappa shape index (κ1) is 23.0. The highest BCUT2D eigenvalue weighted by atomic mass is 19.1. The summed E-state index contributed by atoms with van der Waals surface area (Å²) < 4.78 is 25.4. The minimum atomic E-state index is -0.806. The minimum Gasteiger partial charge on any atom is -0.490 e. The molecular formula is C25H19FN4O3. The van der Waals surface area contributed by atoms with E-state index in [1.54, 1.807) is 36.4 Å². The van der Waals surface area contributed by atoms with Crippen LogP contribution in [0.15, 0.2) is 65.8 Å². The van der Waals surface area contributed by atoms with Crippen molar-refractivity contribution in [3.63, 3.8) is 0 Å². The highest BCUT2D eigenvalue weighted by molar-refractivity contribution is 5.95. The zero-order chi connectivity index (χ0) is 23.6. The number of nitrogens with one attached hydrogen (secondary N) is 1. The summed E-state index contributed by atoms with van der Waals surface area (Å²) in [6.07, 6.45) is 1.39. The van der Waals surface area contributed by atoms with Gasteiger partial charge in [-0.2, -0.15) is 15.6 Å². The van der Waals surface area contributed by atoms with Crippen molar-refractivity contribution in [2.24, 2.45) is 5.10 Å². The molecule has 0 saturated heterocycles. The lowest BCUT2D eigenvalue weighted by Gasteiger charge is -2.13. The number of nitriles is 2. The van der Waals surface area contributed by atoms with Gasteiger partial charge in [-0.3, -0.25) is 4.79 Å². The quantitative estimate of drug-likeness (QED) is 0.413. The fourth-order valence-corrected chi connectivity index (χ4v) is 2.90. The van der Waals surface area contributed by atoms with Gasteiger partial charge in [0.1, 0.15) is 12.4 Å². The minimum absolute atomic E-state index is 0.120. The Balaban J connectivity index is 1.69. The van der Waals surface area contributed by atoms with E-state index in [0.29, 0.717) is 29.2 Å². The van der Waals surface area contributed by atoms with E-state index in [9.17, 15) is 14.4 Å². The Hall–Kier alpha value is -4.69. The van der Waals surface area contributed by atoms with Crippen molar-refractivity contribution in [3.05, 3.63) is 94.3 Å². The predicted molar refractivity (Wildman–Crippen MR) is 119 cm³/mol. The molecule has 0 aliphatic rings. The molecule has 1 amide bonds. The highest BCUT2D eigenvalue weighted by Gasteiger charge is 2.12. The van der Waals surface area contributed by atoms with Crippen LogP contribution in [-0.2, 0) is 6.61 Å². The van der Waals surface area contributed by atoms with Crippen LogP contribution < -0.4 is 14.9 Å². The Morgan fingerprint density at radius 2 is 1.88 bits per heavy atom. The van der Waals surface area contributed by atoms with Crippen LogP contribution in [0.5, 0.6) is 11.5 Å². The van der Waals surface area contributed by atoms with Crippen LogP contribution in [-0.4, -0.2) is 18.7 Å². The molecule has 0 fully saturated rings. The van der Waals surface area contributed by atoms with E-state index in [4.69, 9.17) is 14.7 Å². The summed E-state index contributed by atoms with van der Waals surface area (Å²) in [6, 6.07) is 19.8. The zero-order valence-corrected chi connectivity index (χ0v) is 17.7. The zero-order valence-electron chi connectivity index (χ0n) is 17.7. The van der Waals surface area contributed by atoms with Crippen LogP contribution in [0, 0.1) is 28.5 Å². The number of nitrogens with zero attached hydrogens (tertiary/aromatic N) is 3. The fraction of sp³-hybridized carbons (Fsp3) is 0.120. The number of carbonyl (C=O) groups excluding carboxylic acids is 1. The monoisotopic (exact) mass is 442 g/mol. The molecule has 164 valence electrons. The molecule has 0 unspecified atom stereocenters. The van der Waals surface area contributed by atoms with E-state index in [1.165, 1.54) is 18.3 Å². The van der Waals surface area contributed by atoms with Crippen molar-refractivity contribution in [2.75, 3.05) is 6.61 Å². The fourth-order valence-electron chi connectivity index (χ4n) is 2.90. The number of carbonyl (C=O) groups is 1. The molecule has 0 heterocycles. The average Bonchev–Trinajstić information content (AvgIpc) is 2.83. The first-order chi connectivity index (χ1) is 16.0. The standard InChI is InChI=1S/C25H19FN4O3/c1-2-32-24-12-18(8-10-23(24)33-16-20-6-4-3-5-19(20)14-28)15-29-30-25(31)21-9-7-17(13-27)11-22(21)26/h3-12,15H,2,16H2,1H3,(H,30,31)/b29-15+. The molecule has 0 radical (unpaired) electrons. The maximum atomic E-state index is 14.0. The van der Waals surface area contributed by atoms with Gasteiger partial charge in [0.2, 0.25) is 0 Å². The molecule has 7 nitrogen and oxygen atoms in total. The van der Waals surface area contributed by atoms with Gasteiger partial charge in [0.25, 0.3) is 5.91 Å². The molecule has 0 aromatic heterocycles. The van der Waals surface area contributed by atoms with E-state index in [-0.39, 0.29) is 17.7 Å². The van der Waals surface area contributed by atoms with Crippen molar-refractivity contribution in [2.45, 2.75) is 13.5 Å². The Bertz CT molecular complexity index is 1280. The average molecular weight is 442 g/mol. The largest absolute Gasteiger partial charge is 0.490 e. The van der Waals surface area contributed by atoms with Crippen LogP contribution in [0.2, 0.25) is 0 Å². The van der Waals surface area contributed by atoms with Gasteiger partial charge in [0.15, 0.2) is 11.5 Å². The van der Waals surface area contributed by atoms with Crippen LogP contribution >= 0.6 is 0 Å². The Morgan fingerprint density at radius 1 is 1.06 bits per heavy atom. The van der Waals surface area contributed by atoms with Gasteiger partial charge in [-0.25, -0.2) is 9.82 Å². The number of ether oxygens (including phenoxy) is 2. The number of rotatable bonds is 8. The van der Waals surface area contributed by atoms with E-state index >= 15 is 0 Å². The Morgan fingerprint density at radius 3 is 2.61 bits per heavy atom. The molecule has 0 saturated carbocycles. The van der Waals surface area contributed by atoms with Gasteiger partial charge >= 0.3 is 0 Å². The van der Waals surface area contributed by atoms with Gasteiger partial charge in [-0.15, -0.1) is 0 Å². The van der Waals surface area contributed by atoms with Gasteiger partial charge in [-0.05, 0) is 55.0 Å². The smallest absolute Gasteiger partial charge is 0.274 e. The van der Waals surface area contributed by atoms with Crippen molar-refractivity contribution in [1.29, 1.82) is 10.5 Å². The van der Waals surface area contributed by atoms with Crippen molar-refractivity contribution in [1.82, 2.24) is 5.43 Å². The van der Waals surface area contributed by atoms with Gasteiger partial charge in [0, 0.05) is 5.56 Å². The van der Waals surface area contributed by atoms with Crippen LogP contribution in [0.1, 0.15) is 39.5 Å². The van der Waals surface area contributed by atoms with Crippen LogP contribution in [0.3, 0.4) is 0 Å². The first-order valence-electron chi connectivity index (χ1n) is 9.96. The van der Waals surface area contributed by atoms with E-state index in [2.05, 4.69) is 16.6 Å². The molecule has 0 aliphatic heterocycles. The predicted octanol–water partition coefficient (Wildman–Crippen LogP) is 4.31. The molecule has 0 atom stereocenters. The molecule has 0 bridgehead atoms. The molecule has 1 N–H and O–H groups in total. The number of hydrazone groups is 1. The summed E-state index contributed by atoms with van der Waals surface area (Å²) in [5, 5.41) is 21.9. The van der Waals surface area contributed by atoms with E-state index < -0.39 is 11.7 Å². The third kappa shape index (κ3) is 5.93. The van der Waals surface area contributed by atoms with Crippen LogP contribution in [0.25, 0.3) is 0 Å². The van der Waals surface area contributed by atoms with Crippen molar-refractivity contribution in [3.8, 4) is 23.6 Å². The number of hydrogen-bond acceptors (Lipinski definition) is 6. The second kappa shape index (κ2) is 11.1. The summed E-state index contributed by atoms with van der Waals surface area (Å²) in [7, 11) is 0. The molecular weight excluding hydrogens is 423 g/mol. The summed E-state index contributed by atoms with van der Waals surface area (Å²) >= 11 is 0. The third-order valence-corrected chi connectivity index (χ3v) is 4.51. The molecule has 3 aromatic rings. The number of benzene rings is 3. The van der Waals surface area contributed by atoms with Crippen molar-refractivity contribution >= 4 is 12.1 Å². The second-order valence-electron chi connectivity index (χ2n) is 6.70. The van der Waals surface area contributed by atoms with Gasteiger partial charge in [0.05, 0.1) is 41.7 Å². The lowest BCUT2D eigenvalue weighted by Crippen LogP contribution is -2.19. The van der Waals surface area contributed by atoms with E-state index in [0.717, 1.165) is 11.6 Å². The Kier molecular flexibility index (Phi) is 7.72. The lowest BCUT2D eigenvalue weighted by molar-refractivity contribution is 0.0951. The SMILES string of the molecule is CCOc1cc(/C=N/NC(=O)c2ccc(C#N)cc2F)ccc1OCc1ccccc1C#N. The summed E-state index contributed by atoms with van der Waals surface area (Å²) in [6.45, 7) is 2.44. The third-order valence-electron chi connectivity index (χ3n) is 4.51. The van der Waals surface area contributed by atoms with Crippen LogP contribution in [0.4, 0.5) is 4.39 Å². The normalized spacial score (nSPS) is 10.3. The van der Waals surface area contributed by atoms with Gasteiger partial charge in [-0.1, -0.05) is 18.2 Å². The number of amides is 1. The molecule has 3 rings (SSSR count). The molecule has 0 aliphatic carbocycles. The number of hydrogen-bond donors (Lipinski definition) is 1. The topological polar surface area (TPSA) is 108 Å². The summed E-state index contributed by atoms with van der Waals surface area (Å²) in [5.74, 6) is -0.583. The maximum Gasteiger partial charge on any atom is 0.274 e. The second-order valence-corrected chi connectivity index (χ2v) is 6.70. The van der Waals surface area contributed by atoms with E-state index in [1.807, 2.05) is 19.1 Å². The molecule has 33 heavy (non-hydrogen) atoms.